The van der Waals surface area contributed by atoms with Crippen LogP contribution in [0.5, 0.6) is 5.75 Å². The summed E-state index contributed by atoms with van der Waals surface area (Å²) in [5.74, 6) is 0.935. The van der Waals surface area contributed by atoms with Crippen LogP contribution in [-0.2, 0) is 12.8 Å². The fourth-order valence-corrected chi connectivity index (χ4v) is 1.84. The average molecular weight is 246 g/mol. The van der Waals surface area contributed by atoms with Crippen LogP contribution in [0.1, 0.15) is 25.0 Å². The monoisotopic (exact) mass is 246 g/mol. The molecule has 0 amide bonds. The number of methoxy groups -OCH3 is 1. The van der Waals surface area contributed by atoms with Crippen molar-refractivity contribution in [2.45, 2.75) is 32.7 Å². The van der Waals surface area contributed by atoms with Gasteiger partial charge in [-0.2, -0.15) is 5.26 Å². The summed E-state index contributed by atoms with van der Waals surface area (Å²) in [6.07, 6.45) is 1.93. The van der Waals surface area contributed by atoms with E-state index in [0.717, 1.165) is 25.1 Å². The summed E-state index contributed by atoms with van der Waals surface area (Å²) in [5.41, 5.74) is 2.54. The van der Waals surface area contributed by atoms with Gasteiger partial charge < -0.3 is 4.74 Å². The fraction of sp³-hybridized carbons (Fsp3) is 0.533. The van der Waals surface area contributed by atoms with Crippen LogP contribution < -0.4 is 4.74 Å². The molecule has 1 unspecified atom stereocenters. The van der Waals surface area contributed by atoms with Crippen LogP contribution in [0, 0.1) is 11.3 Å². The van der Waals surface area contributed by atoms with Crippen molar-refractivity contribution in [3.8, 4) is 11.8 Å². The Bertz CT molecular complexity index is 423. The van der Waals surface area contributed by atoms with Crippen LogP contribution in [0.3, 0.4) is 0 Å². The highest BCUT2D eigenvalue weighted by atomic mass is 16.5. The van der Waals surface area contributed by atoms with Gasteiger partial charge in [0.2, 0.25) is 0 Å². The van der Waals surface area contributed by atoms with Gasteiger partial charge in [-0.05, 0) is 44.0 Å². The van der Waals surface area contributed by atoms with Crippen molar-refractivity contribution in [1.29, 1.82) is 5.26 Å². The summed E-state index contributed by atoms with van der Waals surface area (Å²) in [7, 11) is 3.68. The van der Waals surface area contributed by atoms with Gasteiger partial charge in [0, 0.05) is 6.54 Å². The lowest BCUT2D eigenvalue weighted by Gasteiger charge is -2.19. The molecule has 18 heavy (non-hydrogen) atoms. The summed E-state index contributed by atoms with van der Waals surface area (Å²) < 4.78 is 5.38. The van der Waals surface area contributed by atoms with Crippen LogP contribution in [-0.4, -0.2) is 31.6 Å². The van der Waals surface area contributed by atoms with Crippen molar-refractivity contribution < 1.29 is 4.74 Å². The van der Waals surface area contributed by atoms with Crippen molar-refractivity contribution in [2.75, 3.05) is 20.7 Å². The van der Waals surface area contributed by atoms with E-state index in [9.17, 15) is 0 Å². The Morgan fingerprint density at radius 2 is 2.17 bits per heavy atom. The van der Waals surface area contributed by atoms with E-state index < -0.39 is 0 Å². The van der Waals surface area contributed by atoms with Gasteiger partial charge in [0.1, 0.15) is 5.75 Å². The number of ether oxygens (including phenoxy) is 1. The zero-order chi connectivity index (χ0) is 13.5. The number of benzene rings is 1. The van der Waals surface area contributed by atoms with E-state index in [2.05, 4.69) is 30.0 Å². The van der Waals surface area contributed by atoms with E-state index in [0.29, 0.717) is 0 Å². The largest absolute Gasteiger partial charge is 0.496 e. The van der Waals surface area contributed by atoms with Crippen LogP contribution in [0.2, 0.25) is 0 Å². The topological polar surface area (TPSA) is 36.3 Å². The van der Waals surface area contributed by atoms with Gasteiger partial charge in [0.25, 0.3) is 0 Å². The molecule has 0 aliphatic carbocycles. The summed E-state index contributed by atoms with van der Waals surface area (Å²) in [6, 6.07) is 8.53. The third-order valence-electron chi connectivity index (χ3n) is 3.33. The highest BCUT2D eigenvalue weighted by molar-refractivity contribution is 5.37. The van der Waals surface area contributed by atoms with Gasteiger partial charge in [0.05, 0.1) is 19.2 Å². The SMILES string of the molecule is CCc1ccc(OC)c(CCN(C)C(C)C#N)c1. The molecule has 0 bridgehead atoms. The molecular formula is C15H22N2O. The fourth-order valence-electron chi connectivity index (χ4n) is 1.84. The molecule has 1 aromatic carbocycles. The van der Waals surface area contributed by atoms with E-state index in [1.54, 1.807) is 7.11 Å². The number of hydrogen-bond acceptors (Lipinski definition) is 3. The molecule has 1 atom stereocenters. The number of rotatable bonds is 6. The maximum Gasteiger partial charge on any atom is 0.122 e. The number of aryl methyl sites for hydroxylation is 1. The Morgan fingerprint density at radius 3 is 2.72 bits per heavy atom. The van der Waals surface area contributed by atoms with Crippen molar-refractivity contribution in [3.63, 3.8) is 0 Å². The van der Waals surface area contributed by atoms with E-state index >= 15 is 0 Å². The Hall–Kier alpha value is -1.53. The normalized spacial score (nSPS) is 12.2. The van der Waals surface area contributed by atoms with E-state index in [-0.39, 0.29) is 6.04 Å². The zero-order valence-corrected chi connectivity index (χ0v) is 11.7. The van der Waals surface area contributed by atoms with Gasteiger partial charge in [0.15, 0.2) is 0 Å². The summed E-state index contributed by atoms with van der Waals surface area (Å²) in [6.45, 7) is 4.92. The van der Waals surface area contributed by atoms with Crippen molar-refractivity contribution >= 4 is 0 Å². The molecular weight excluding hydrogens is 224 g/mol. The first-order chi connectivity index (χ1) is 8.62. The molecule has 3 heteroatoms. The van der Waals surface area contributed by atoms with Crippen molar-refractivity contribution in [2.24, 2.45) is 0 Å². The highest BCUT2D eigenvalue weighted by Crippen LogP contribution is 2.21. The minimum atomic E-state index is -0.0506. The first-order valence-corrected chi connectivity index (χ1v) is 6.38. The molecule has 0 saturated heterocycles. The molecule has 0 fully saturated rings. The van der Waals surface area contributed by atoms with Gasteiger partial charge in [-0.1, -0.05) is 19.1 Å². The first-order valence-electron chi connectivity index (χ1n) is 6.38. The lowest BCUT2D eigenvalue weighted by Crippen LogP contribution is -2.29. The number of likely N-dealkylation sites (N-methyl/N-ethyl adjacent to an activating group) is 1. The second kappa shape index (κ2) is 7.03. The Kier molecular flexibility index (Phi) is 5.67. The molecule has 0 saturated carbocycles. The molecule has 1 aromatic rings. The minimum Gasteiger partial charge on any atom is -0.496 e. The Balaban J connectivity index is 2.74. The van der Waals surface area contributed by atoms with Crippen LogP contribution in [0.15, 0.2) is 18.2 Å². The molecule has 0 radical (unpaired) electrons. The summed E-state index contributed by atoms with van der Waals surface area (Å²) in [5, 5.41) is 8.87. The molecule has 3 nitrogen and oxygen atoms in total. The van der Waals surface area contributed by atoms with Crippen molar-refractivity contribution in [3.05, 3.63) is 29.3 Å². The van der Waals surface area contributed by atoms with E-state index in [1.165, 1.54) is 11.1 Å². The number of nitrogens with zero attached hydrogens (tertiary/aromatic N) is 2. The maximum atomic E-state index is 8.87. The van der Waals surface area contributed by atoms with Crippen LogP contribution >= 0.6 is 0 Å². The second-order valence-electron chi connectivity index (χ2n) is 4.54. The lowest BCUT2D eigenvalue weighted by atomic mass is 10.0. The standard InChI is InChI=1S/C15H22N2O/c1-5-13-6-7-15(18-4)14(10-13)8-9-17(3)12(2)11-16/h6-7,10,12H,5,8-9H2,1-4H3. The third-order valence-corrected chi connectivity index (χ3v) is 3.33. The predicted molar refractivity (Wildman–Crippen MR) is 73.8 cm³/mol. The molecule has 0 N–H and O–H groups in total. The smallest absolute Gasteiger partial charge is 0.122 e. The summed E-state index contributed by atoms with van der Waals surface area (Å²) >= 11 is 0. The molecule has 0 spiro atoms. The first kappa shape index (κ1) is 14.5. The Morgan fingerprint density at radius 1 is 1.44 bits per heavy atom. The minimum absolute atomic E-state index is 0.0506. The molecule has 0 aliphatic heterocycles. The molecule has 1 rings (SSSR count). The van der Waals surface area contributed by atoms with Gasteiger partial charge in [-0.25, -0.2) is 0 Å². The highest BCUT2D eigenvalue weighted by Gasteiger charge is 2.10. The molecule has 98 valence electrons. The molecule has 0 heterocycles. The quantitative estimate of drug-likeness (QED) is 0.774. The zero-order valence-electron chi connectivity index (χ0n) is 11.7. The molecule has 0 aliphatic rings. The van der Waals surface area contributed by atoms with Crippen LogP contribution in [0.4, 0.5) is 0 Å². The third kappa shape index (κ3) is 3.75. The average Bonchev–Trinajstić information content (AvgIpc) is 2.43. The van der Waals surface area contributed by atoms with E-state index in [4.69, 9.17) is 10.00 Å². The van der Waals surface area contributed by atoms with Crippen molar-refractivity contribution in [1.82, 2.24) is 4.90 Å². The van der Waals surface area contributed by atoms with Gasteiger partial charge in [-0.3, -0.25) is 4.90 Å². The summed E-state index contributed by atoms with van der Waals surface area (Å²) in [4.78, 5) is 2.05. The lowest BCUT2D eigenvalue weighted by molar-refractivity contribution is 0.304. The number of hydrogen-bond donors (Lipinski definition) is 0. The van der Waals surface area contributed by atoms with Gasteiger partial charge >= 0.3 is 0 Å². The van der Waals surface area contributed by atoms with Crippen LogP contribution in [0.25, 0.3) is 0 Å². The number of nitriles is 1. The maximum absolute atomic E-state index is 8.87. The van der Waals surface area contributed by atoms with Gasteiger partial charge in [-0.15, -0.1) is 0 Å². The van der Waals surface area contributed by atoms with E-state index in [1.807, 2.05) is 20.0 Å². The molecule has 0 aromatic heterocycles. The second-order valence-corrected chi connectivity index (χ2v) is 4.54. The Labute approximate surface area is 110 Å². The predicted octanol–water partition coefficient (Wildman–Crippen LogP) is 2.64.